The van der Waals surface area contributed by atoms with Gasteiger partial charge in [0.25, 0.3) is 5.22 Å². The van der Waals surface area contributed by atoms with Crippen LogP contribution in [-0.2, 0) is 4.79 Å². The molecule has 0 saturated heterocycles. The minimum absolute atomic E-state index is 0.378. The lowest BCUT2D eigenvalue weighted by molar-refractivity contribution is -0.119. The first-order chi connectivity index (χ1) is 8.56. The molecule has 6 nitrogen and oxygen atoms in total. The molecular weight excluding hydrogens is 254 g/mol. The van der Waals surface area contributed by atoms with Crippen LogP contribution in [0.2, 0.25) is 0 Å². The zero-order chi connectivity index (χ0) is 13.1. The minimum atomic E-state index is -0.870. The topological polar surface area (TPSA) is 98.2 Å². The van der Waals surface area contributed by atoms with Crippen LogP contribution < -0.4 is 11.1 Å². The second kappa shape index (κ2) is 5.09. The van der Waals surface area contributed by atoms with Crippen molar-refractivity contribution in [3.05, 3.63) is 24.3 Å². The Hall–Kier alpha value is -2.02. The summed E-state index contributed by atoms with van der Waals surface area (Å²) in [6, 6.07) is 6.43. The molecule has 1 aromatic heterocycles. The highest BCUT2D eigenvalue weighted by Crippen LogP contribution is 2.26. The summed E-state index contributed by atoms with van der Waals surface area (Å²) in [5.41, 5.74) is 6.25. The average Bonchev–Trinajstić information content (AvgIpc) is 2.69. The van der Waals surface area contributed by atoms with Gasteiger partial charge in [-0.05, 0) is 19.1 Å². The van der Waals surface area contributed by atoms with Gasteiger partial charge in [0.2, 0.25) is 5.91 Å². The number of amides is 3. The molecule has 0 unspecified atom stereocenters. The highest BCUT2D eigenvalue weighted by molar-refractivity contribution is 8.00. The Balaban J connectivity index is 2.09. The number of para-hydroxylation sites is 2. The van der Waals surface area contributed by atoms with E-state index in [0.717, 1.165) is 17.3 Å². The number of nitrogens with zero attached hydrogens (tertiary/aromatic N) is 1. The summed E-state index contributed by atoms with van der Waals surface area (Å²) < 4.78 is 5.45. The zero-order valence-electron chi connectivity index (χ0n) is 9.54. The van der Waals surface area contributed by atoms with Gasteiger partial charge in [-0.3, -0.25) is 10.1 Å². The Morgan fingerprint density at radius 1 is 1.44 bits per heavy atom. The second-order valence-corrected chi connectivity index (χ2v) is 4.85. The van der Waals surface area contributed by atoms with Crippen LogP contribution in [0.25, 0.3) is 11.1 Å². The number of hydrogen-bond acceptors (Lipinski definition) is 5. The summed E-state index contributed by atoms with van der Waals surface area (Å²) in [6.45, 7) is 1.64. The van der Waals surface area contributed by atoms with Gasteiger partial charge in [0, 0.05) is 0 Å². The minimum Gasteiger partial charge on any atom is -0.431 e. The third-order valence-electron chi connectivity index (χ3n) is 2.17. The smallest absolute Gasteiger partial charge is 0.318 e. The van der Waals surface area contributed by atoms with Gasteiger partial charge in [0.15, 0.2) is 5.58 Å². The van der Waals surface area contributed by atoms with Crippen molar-refractivity contribution >= 4 is 34.8 Å². The van der Waals surface area contributed by atoms with Crippen LogP contribution in [0.5, 0.6) is 0 Å². The maximum absolute atomic E-state index is 11.5. The number of aromatic nitrogens is 1. The Bertz CT molecular complexity index is 563. The van der Waals surface area contributed by atoms with E-state index in [4.69, 9.17) is 10.2 Å². The molecule has 2 rings (SSSR count). The van der Waals surface area contributed by atoms with Gasteiger partial charge in [-0.1, -0.05) is 23.9 Å². The van der Waals surface area contributed by atoms with Crippen LogP contribution in [0, 0.1) is 0 Å². The van der Waals surface area contributed by atoms with E-state index in [9.17, 15) is 9.59 Å². The highest BCUT2D eigenvalue weighted by atomic mass is 32.2. The molecule has 1 atom stereocenters. The van der Waals surface area contributed by atoms with E-state index in [2.05, 4.69) is 4.98 Å². The SMILES string of the molecule is C[C@H](Sc1nc2ccccc2o1)C(=O)NC(N)=O. The van der Waals surface area contributed by atoms with Gasteiger partial charge < -0.3 is 10.2 Å². The normalized spacial score (nSPS) is 12.3. The maximum Gasteiger partial charge on any atom is 0.318 e. The van der Waals surface area contributed by atoms with E-state index in [1.165, 1.54) is 0 Å². The van der Waals surface area contributed by atoms with Crippen LogP contribution in [0.1, 0.15) is 6.92 Å². The van der Waals surface area contributed by atoms with Gasteiger partial charge in [0.05, 0.1) is 5.25 Å². The molecule has 0 aliphatic carbocycles. The summed E-state index contributed by atoms with van der Waals surface area (Å²) in [5.74, 6) is -0.477. The summed E-state index contributed by atoms with van der Waals surface area (Å²) in [7, 11) is 0. The molecule has 7 heteroatoms. The van der Waals surface area contributed by atoms with E-state index in [0.29, 0.717) is 10.8 Å². The van der Waals surface area contributed by atoms with Gasteiger partial charge >= 0.3 is 6.03 Å². The maximum atomic E-state index is 11.5. The number of oxazole rings is 1. The molecule has 18 heavy (non-hydrogen) atoms. The van der Waals surface area contributed by atoms with Crippen LogP contribution in [0.4, 0.5) is 4.79 Å². The van der Waals surface area contributed by atoms with E-state index in [1.807, 2.05) is 23.5 Å². The molecule has 0 radical (unpaired) electrons. The molecule has 0 fully saturated rings. The van der Waals surface area contributed by atoms with E-state index in [1.54, 1.807) is 13.0 Å². The number of nitrogens with one attached hydrogen (secondary N) is 1. The van der Waals surface area contributed by atoms with Crippen LogP contribution >= 0.6 is 11.8 Å². The Labute approximate surface area is 107 Å². The number of carbonyl (C=O) groups excluding carboxylic acids is 2. The number of fused-ring (bicyclic) bond motifs is 1. The lowest BCUT2D eigenvalue weighted by atomic mass is 10.3. The largest absolute Gasteiger partial charge is 0.431 e. The fourth-order valence-corrected chi connectivity index (χ4v) is 2.09. The Kier molecular flexibility index (Phi) is 3.52. The van der Waals surface area contributed by atoms with Crippen LogP contribution in [0.15, 0.2) is 33.9 Å². The molecule has 1 aromatic carbocycles. The van der Waals surface area contributed by atoms with Crippen molar-refractivity contribution in [2.75, 3.05) is 0 Å². The first-order valence-corrected chi connectivity index (χ1v) is 6.07. The van der Waals surface area contributed by atoms with Crippen molar-refractivity contribution in [2.45, 2.75) is 17.4 Å². The summed E-state index contributed by atoms with van der Waals surface area (Å²) >= 11 is 1.12. The molecule has 0 saturated carbocycles. The van der Waals surface area contributed by atoms with Crippen molar-refractivity contribution in [3.63, 3.8) is 0 Å². The Morgan fingerprint density at radius 2 is 2.17 bits per heavy atom. The Morgan fingerprint density at radius 3 is 2.83 bits per heavy atom. The lowest BCUT2D eigenvalue weighted by Gasteiger charge is -2.06. The number of primary amides is 1. The van der Waals surface area contributed by atoms with Crippen molar-refractivity contribution in [1.29, 1.82) is 0 Å². The predicted molar refractivity (Wildman–Crippen MR) is 67.1 cm³/mol. The third kappa shape index (κ3) is 2.80. The fraction of sp³-hybridized carbons (Fsp3) is 0.182. The highest BCUT2D eigenvalue weighted by Gasteiger charge is 2.18. The first kappa shape index (κ1) is 12.4. The lowest BCUT2D eigenvalue weighted by Crippen LogP contribution is -2.39. The fourth-order valence-electron chi connectivity index (χ4n) is 1.33. The first-order valence-electron chi connectivity index (χ1n) is 5.19. The number of carbonyl (C=O) groups is 2. The molecule has 3 N–H and O–H groups in total. The van der Waals surface area contributed by atoms with Gasteiger partial charge in [0.1, 0.15) is 5.52 Å². The molecule has 94 valence electrons. The molecule has 1 heterocycles. The number of thioether (sulfide) groups is 1. The number of nitrogens with two attached hydrogens (primary N) is 1. The van der Waals surface area contributed by atoms with Crippen molar-refractivity contribution < 1.29 is 14.0 Å². The summed E-state index contributed by atoms with van der Waals surface area (Å²) in [6.07, 6.45) is 0. The second-order valence-electron chi connectivity index (χ2n) is 3.56. The third-order valence-corrected chi connectivity index (χ3v) is 3.11. The van der Waals surface area contributed by atoms with Crippen molar-refractivity contribution in [1.82, 2.24) is 10.3 Å². The average molecular weight is 265 g/mol. The summed E-state index contributed by atoms with van der Waals surface area (Å²) in [5, 5.41) is 1.86. The standard InChI is InChI=1S/C11H11N3O3S/c1-6(9(15)14-10(12)16)18-11-13-7-4-2-3-5-8(7)17-11/h2-6H,1H3,(H3,12,14,15,16)/t6-/m0/s1. The van der Waals surface area contributed by atoms with E-state index in [-0.39, 0.29) is 0 Å². The van der Waals surface area contributed by atoms with Gasteiger partial charge in [-0.15, -0.1) is 0 Å². The number of imide groups is 1. The van der Waals surface area contributed by atoms with E-state index >= 15 is 0 Å². The molecule has 0 spiro atoms. The summed E-state index contributed by atoms with van der Waals surface area (Å²) in [4.78, 5) is 26.2. The van der Waals surface area contributed by atoms with Gasteiger partial charge in [-0.25, -0.2) is 9.78 Å². The van der Waals surface area contributed by atoms with E-state index < -0.39 is 17.2 Å². The monoisotopic (exact) mass is 265 g/mol. The molecule has 0 bridgehead atoms. The number of hydrogen-bond donors (Lipinski definition) is 2. The zero-order valence-corrected chi connectivity index (χ0v) is 10.4. The van der Waals surface area contributed by atoms with Crippen molar-refractivity contribution in [3.8, 4) is 0 Å². The molecule has 0 aliphatic heterocycles. The quantitative estimate of drug-likeness (QED) is 0.819. The van der Waals surface area contributed by atoms with Crippen LogP contribution in [0.3, 0.4) is 0 Å². The molecule has 2 aromatic rings. The number of benzene rings is 1. The molecular formula is C11H11N3O3S. The van der Waals surface area contributed by atoms with Crippen molar-refractivity contribution in [2.24, 2.45) is 5.73 Å². The van der Waals surface area contributed by atoms with Gasteiger partial charge in [-0.2, -0.15) is 0 Å². The number of rotatable bonds is 3. The molecule has 3 amide bonds. The predicted octanol–water partition coefficient (Wildman–Crippen LogP) is 1.50. The molecule has 0 aliphatic rings. The number of urea groups is 1. The van der Waals surface area contributed by atoms with Crippen LogP contribution in [-0.4, -0.2) is 22.2 Å².